The van der Waals surface area contributed by atoms with Crippen LogP contribution in [0.3, 0.4) is 0 Å². The van der Waals surface area contributed by atoms with Crippen LogP contribution in [0.5, 0.6) is 5.75 Å². The highest BCUT2D eigenvalue weighted by molar-refractivity contribution is 5.43. The molecule has 1 rings (SSSR count). The molecule has 1 aromatic carbocycles. The van der Waals surface area contributed by atoms with Gasteiger partial charge in [0.2, 0.25) is 0 Å². The molecule has 0 unspecified atom stereocenters. The maximum atomic E-state index is 9.98. The molecule has 1 N–H and O–H groups in total. The second-order valence-electron chi connectivity index (χ2n) is 4.50. The van der Waals surface area contributed by atoms with E-state index in [-0.39, 0.29) is 5.41 Å². The number of phenolic OH excluding ortho intramolecular Hbond substituents is 1. The number of phenols is 1. The molecule has 0 aliphatic carbocycles. The summed E-state index contributed by atoms with van der Waals surface area (Å²) in [7, 11) is 1.63. The van der Waals surface area contributed by atoms with Crippen molar-refractivity contribution in [2.45, 2.75) is 32.8 Å². The first-order valence-electron chi connectivity index (χ1n) is 4.77. The van der Waals surface area contributed by atoms with Crippen molar-refractivity contribution in [3.8, 4) is 5.75 Å². The van der Waals surface area contributed by atoms with Crippen molar-refractivity contribution in [2.24, 2.45) is 0 Å². The number of methoxy groups -OCH3 is 1. The summed E-state index contributed by atoms with van der Waals surface area (Å²) in [6, 6.07) is 5.79. The summed E-state index contributed by atoms with van der Waals surface area (Å²) >= 11 is 0. The lowest BCUT2D eigenvalue weighted by molar-refractivity contribution is 0.181. The standard InChI is InChI=1S/C12H18O2/c1-12(2,3)10-7-5-6-9(8-14-4)11(10)13/h5-7,13H,8H2,1-4H3. The Morgan fingerprint density at radius 3 is 2.43 bits per heavy atom. The summed E-state index contributed by atoms with van der Waals surface area (Å²) in [5.41, 5.74) is 1.78. The fourth-order valence-electron chi connectivity index (χ4n) is 1.47. The predicted molar refractivity (Wildman–Crippen MR) is 57.5 cm³/mol. The smallest absolute Gasteiger partial charge is 0.124 e. The van der Waals surface area contributed by atoms with Gasteiger partial charge in [0.05, 0.1) is 6.61 Å². The summed E-state index contributed by atoms with van der Waals surface area (Å²) in [6.45, 7) is 6.70. The molecule has 0 saturated heterocycles. The molecule has 2 nitrogen and oxygen atoms in total. The molecule has 0 aromatic heterocycles. The Hall–Kier alpha value is -1.02. The van der Waals surface area contributed by atoms with Crippen LogP contribution < -0.4 is 0 Å². The van der Waals surface area contributed by atoms with Crippen molar-refractivity contribution in [1.82, 2.24) is 0 Å². The quantitative estimate of drug-likeness (QED) is 0.784. The minimum Gasteiger partial charge on any atom is -0.507 e. The van der Waals surface area contributed by atoms with Gasteiger partial charge in [-0.25, -0.2) is 0 Å². The lowest BCUT2D eigenvalue weighted by Crippen LogP contribution is -2.12. The monoisotopic (exact) mass is 194 g/mol. The highest BCUT2D eigenvalue weighted by atomic mass is 16.5. The minimum atomic E-state index is -0.0339. The SMILES string of the molecule is COCc1cccc(C(C)(C)C)c1O. The molecule has 78 valence electrons. The van der Waals surface area contributed by atoms with Gasteiger partial charge in [0.15, 0.2) is 0 Å². The minimum absolute atomic E-state index is 0.0339. The molecule has 14 heavy (non-hydrogen) atoms. The highest BCUT2D eigenvalue weighted by Gasteiger charge is 2.19. The predicted octanol–water partition coefficient (Wildman–Crippen LogP) is 2.84. The molecule has 0 spiro atoms. The molecule has 0 atom stereocenters. The fourth-order valence-corrected chi connectivity index (χ4v) is 1.47. The molecule has 0 aliphatic rings. The first-order chi connectivity index (χ1) is 6.46. The van der Waals surface area contributed by atoms with Crippen molar-refractivity contribution in [3.05, 3.63) is 29.3 Å². The summed E-state index contributed by atoms with van der Waals surface area (Å²) in [5, 5.41) is 9.98. The summed E-state index contributed by atoms with van der Waals surface area (Å²) in [6.07, 6.45) is 0. The zero-order valence-corrected chi connectivity index (χ0v) is 9.29. The zero-order valence-electron chi connectivity index (χ0n) is 9.29. The van der Waals surface area contributed by atoms with Crippen LogP contribution >= 0.6 is 0 Å². The van der Waals surface area contributed by atoms with Crippen molar-refractivity contribution in [3.63, 3.8) is 0 Å². The van der Waals surface area contributed by atoms with E-state index in [1.54, 1.807) is 7.11 Å². The molecule has 0 amide bonds. The molecule has 0 bridgehead atoms. The maximum absolute atomic E-state index is 9.98. The Morgan fingerprint density at radius 1 is 1.29 bits per heavy atom. The van der Waals surface area contributed by atoms with E-state index in [1.165, 1.54) is 0 Å². The van der Waals surface area contributed by atoms with Crippen molar-refractivity contribution in [1.29, 1.82) is 0 Å². The van der Waals surface area contributed by atoms with E-state index in [2.05, 4.69) is 20.8 Å². The van der Waals surface area contributed by atoms with Crippen LogP contribution in [0.15, 0.2) is 18.2 Å². The van der Waals surface area contributed by atoms with Crippen LogP contribution in [0.4, 0.5) is 0 Å². The van der Waals surface area contributed by atoms with Gasteiger partial charge in [0, 0.05) is 12.7 Å². The molecule has 0 aliphatic heterocycles. The van der Waals surface area contributed by atoms with Crippen LogP contribution in [0.2, 0.25) is 0 Å². The number of rotatable bonds is 2. The normalized spacial score (nSPS) is 11.7. The van der Waals surface area contributed by atoms with E-state index in [0.29, 0.717) is 12.4 Å². The van der Waals surface area contributed by atoms with E-state index in [4.69, 9.17) is 4.74 Å². The van der Waals surface area contributed by atoms with Gasteiger partial charge in [-0.1, -0.05) is 39.0 Å². The molecule has 0 radical (unpaired) electrons. The van der Waals surface area contributed by atoms with Crippen molar-refractivity contribution in [2.75, 3.05) is 7.11 Å². The molecular formula is C12H18O2. The average molecular weight is 194 g/mol. The molecule has 1 aromatic rings. The largest absolute Gasteiger partial charge is 0.507 e. The second kappa shape index (κ2) is 4.01. The third-order valence-corrected chi connectivity index (χ3v) is 2.23. The topological polar surface area (TPSA) is 29.5 Å². The average Bonchev–Trinajstić information content (AvgIpc) is 2.07. The highest BCUT2D eigenvalue weighted by Crippen LogP contribution is 2.33. The number of para-hydroxylation sites is 1. The first kappa shape index (κ1) is 11.1. The molecule has 0 fully saturated rings. The van der Waals surface area contributed by atoms with E-state index in [1.807, 2.05) is 18.2 Å². The Balaban J connectivity index is 3.14. The van der Waals surface area contributed by atoms with E-state index < -0.39 is 0 Å². The Morgan fingerprint density at radius 2 is 1.93 bits per heavy atom. The number of hydrogen-bond donors (Lipinski definition) is 1. The Kier molecular flexibility index (Phi) is 3.17. The first-order valence-corrected chi connectivity index (χ1v) is 4.77. The van der Waals surface area contributed by atoms with Crippen LogP contribution in [0.1, 0.15) is 31.9 Å². The number of hydrogen-bond acceptors (Lipinski definition) is 2. The molecular weight excluding hydrogens is 176 g/mol. The van der Waals surface area contributed by atoms with Crippen molar-refractivity contribution >= 4 is 0 Å². The Labute approximate surface area is 85.5 Å². The zero-order chi connectivity index (χ0) is 10.8. The third kappa shape index (κ3) is 2.26. The third-order valence-electron chi connectivity index (χ3n) is 2.23. The molecule has 2 heteroatoms. The van der Waals surface area contributed by atoms with Crippen LogP contribution in [-0.4, -0.2) is 12.2 Å². The summed E-state index contributed by atoms with van der Waals surface area (Å²) < 4.78 is 5.02. The lowest BCUT2D eigenvalue weighted by atomic mass is 9.85. The van der Waals surface area contributed by atoms with Gasteiger partial charge in [-0.05, 0) is 11.0 Å². The van der Waals surface area contributed by atoms with Gasteiger partial charge < -0.3 is 9.84 Å². The number of benzene rings is 1. The van der Waals surface area contributed by atoms with Gasteiger partial charge >= 0.3 is 0 Å². The number of aromatic hydroxyl groups is 1. The summed E-state index contributed by atoms with van der Waals surface area (Å²) in [5.74, 6) is 0.363. The van der Waals surface area contributed by atoms with Gasteiger partial charge in [0.1, 0.15) is 5.75 Å². The maximum Gasteiger partial charge on any atom is 0.124 e. The lowest BCUT2D eigenvalue weighted by Gasteiger charge is -2.21. The number of ether oxygens (including phenoxy) is 1. The van der Waals surface area contributed by atoms with E-state index in [9.17, 15) is 5.11 Å². The molecule has 0 saturated carbocycles. The van der Waals surface area contributed by atoms with Crippen LogP contribution in [0, 0.1) is 0 Å². The van der Waals surface area contributed by atoms with E-state index >= 15 is 0 Å². The second-order valence-corrected chi connectivity index (χ2v) is 4.50. The fraction of sp³-hybridized carbons (Fsp3) is 0.500. The molecule has 0 heterocycles. The van der Waals surface area contributed by atoms with E-state index in [0.717, 1.165) is 11.1 Å². The van der Waals surface area contributed by atoms with Crippen LogP contribution in [-0.2, 0) is 16.8 Å². The van der Waals surface area contributed by atoms with Gasteiger partial charge in [0.25, 0.3) is 0 Å². The van der Waals surface area contributed by atoms with Gasteiger partial charge in [-0.3, -0.25) is 0 Å². The van der Waals surface area contributed by atoms with Crippen molar-refractivity contribution < 1.29 is 9.84 Å². The van der Waals surface area contributed by atoms with Gasteiger partial charge in [-0.15, -0.1) is 0 Å². The summed E-state index contributed by atoms with van der Waals surface area (Å²) in [4.78, 5) is 0. The Bertz CT molecular complexity index is 311. The van der Waals surface area contributed by atoms with Crippen LogP contribution in [0.25, 0.3) is 0 Å². The van der Waals surface area contributed by atoms with Gasteiger partial charge in [-0.2, -0.15) is 0 Å².